The first kappa shape index (κ1) is 11.7. The van der Waals surface area contributed by atoms with Gasteiger partial charge in [0.15, 0.2) is 0 Å². The number of carbonyl (C=O) groups is 1. The summed E-state index contributed by atoms with van der Waals surface area (Å²) in [5.41, 5.74) is 1.11. The Labute approximate surface area is 111 Å². The molecule has 19 heavy (non-hydrogen) atoms. The van der Waals surface area contributed by atoms with Crippen LogP contribution in [0.2, 0.25) is 0 Å². The molecule has 0 spiro atoms. The summed E-state index contributed by atoms with van der Waals surface area (Å²) in [6, 6.07) is 16.5. The summed E-state index contributed by atoms with van der Waals surface area (Å²) in [6.45, 7) is 0. The van der Waals surface area contributed by atoms with Gasteiger partial charge in [0.1, 0.15) is 5.92 Å². The van der Waals surface area contributed by atoms with Crippen molar-refractivity contribution in [1.29, 1.82) is 5.26 Å². The van der Waals surface area contributed by atoms with Crippen molar-refractivity contribution in [3.05, 3.63) is 48.0 Å². The monoisotopic (exact) mass is 250 g/mol. The molecule has 3 rings (SSSR count). The number of carbonyl (C=O) groups excluding carboxylic acids is 1. The summed E-state index contributed by atoms with van der Waals surface area (Å²) in [5, 5.41) is 14.2. The number of rotatable bonds is 1. The molecule has 2 aromatic rings. The molecule has 0 radical (unpaired) electrons. The number of fused-ring (bicyclic) bond motifs is 1. The van der Waals surface area contributed by atoms with Crippen molar-refractivity contribution in [2.45, 2.75) is 18.9 Å². The SMILES string of the molecule is N#CC1CCC(c2ccc3ccccc3c2)NC1=O. The summed E-state index contributed by atoms with van der Waals surface area (Å²) < 4.78 is 0. The number of amides is 1. The van der Waals surface area contributed by atoms with Crippen LogP contribution in [0.25, 0.3) is 10.8 Å². The van der Waals surface area contributed by atoms with Crippen molar-refractivity contribution in [3.63, 3.8) is 0 Å². The zero-order chi connectivity index (χ0) is 13.2. The van der Waals surface area contributed by atoms with E-state index in [2.05, 4.69) is 35.6 Å². The standard InChI is InChI=1S/C16H14N2O/c17-10-14-7-8-15(18-16(14)19)13-6-5-11-3-1-2-4-12(11)9-13/h1-6,9,14-15H,7-8H2,(H,18,19). The first-order valence-corrected chi connectivity index (χ1v) is 6.46. The number of nitrogens with zero attached hydrogens (tertiary/aromatic N) is 1. The van der Waals surface area contributed by atoms with Gasteiger partial charge in [-0.2, -0.15) is 5.26 Å². The molecule has 0 bridgehead atoms. The second kappa shape index (κ2) is 4.74. The van der Waals surface area contributed by atoms with E-state index in [9.17, 15) is 4.79 Å². The lowest BCUT2D eigenvalue weighted by Gasteiger charge is -2.26. The third-order valence-electron chi connectivity index (χ3n) is 3.71. The third-order valence-corrected chi connectivity index (χ3v) is 3.71. The van der Waals surface area contributed by atoms with Gasteiger partial charge in [-0.1, -0.05) is 36.4 Å². The smallest absolute Gasteiger partial charge is 0.237 e. The van der Waals surface area contributed by atoms with Crippen LogP contribution < -0.4 is 5.32 Å². The zero-order valence-electron chi connectivity index (χ0n) is 10.5. The Morgan fingerprint density at radius 2 is 1.89 bits per heavy atom. The summed E-state index contributed by atoms with van der Waals surface area (Å²) in [7, 11) is 0. The molecule has 0 saturated carbocycles. The molecule has 1 heterocycles. The van der Waals surface area contributed by atoms with Gasteiger partial charge in [-0.25, -0.2) is 0 Å². The van der Waals surface area contributed by atoms with Gasteiger partial charge >= 0.3 is 0 Å². The van der Waals surface area contributed by atoms with Crippen molar-refractivity contribution in [1.82, 2.24) is 5.32 Å². The average Bonchev–Trinajstić information content (AvgIpc) is 2.46. The minimum atomic E-state index is -0.489. The molecule has 1 fully saturated rings. The number of benzene rings is 2. The summed E-state index contributed by atoms with van der Waals surface area (Å²) in [5.74, 6) is -0.636. The molecule has 0 aromatic heterocycles. The summed E-state index contributed by atoms with van der Waals surface area (Å²) in [6.07, 6.45) is 1.46. The molecule has 94 valence electrons. The van der Waals surface area contributed by atoms with Crippen LogP contribution in [0.3, 0.4) is 0 Å². The number of nitrogens with one attached hydrogen (secondary N) is 1. The second-order valence-corrected chi connectivity index (χ2v) is 4.93. The van der Waals surface area contributed by atoms with Crippen LogP contribution in [0, 0.1) is 17.2 Å². The molecular formula is C16H14N2O. The molecule has 1 amide bonds. The van der Waals surface area contributed by atoms with Crippen LogP contribution in [0.1, 0.15) is 24.4 Å². The van der Waals surface area contributed by atoms with Gasteiger partial charge in [-0.15, -0.1) is 0 Å². The van der Waals surface area contributed by atoms with Crippen LogP contribution in [0.15, 0.2) is 42.5 Å². The molecule has 1 saturated heterocycles. The topological polar surface area (TPSA) is 52.9 Å². The van der Waals surface area contributed by atoms with E-state index >= 15 is 0 Å². The lowest BCUT2D eigenvalue weighted by atomic mass is 9.90. The number of nitriles is 1. The largest absolute Gasteiger partial charge is 0.348 e. The van der Waals surface area contributed by atoms with Gasteiger partial charge < -0.3 is 5.32 Å². The quantitative estimate of drug-likeness (QED) is 0.846. The van der Waals surface area contributed by atoms with E-state index in [1.54, 1.807) is 0 Å². The van der Waals surface area contributed by atoms with Gasteiger partial charge in [-0.3, -0.25) is 4.79 Å². The molecular weight excluding hydrogens is 236 g/mol. The number of hydrogen-bond donors (Lipinski definition) is 1. The van der Waals surface area contributed by atoms with E-state index in [0.29, 0.717) is 6.42 Å². The molecule has 2 unspecified atom stereocenters. The molecule has 1 N–H and O–H groups in total. The van der Waals surface area contributed by atoms with Crippen LogP contribution >= 0.6 is 0 Å². The van der Waals surface area contributed by atoms with E-state index in [1.807, 2.05) is 18.2 Å². The van der Waals surface area contributed by atoms with E-state index in [0.717, 1.165) is 12.0 Å². The fourth-order valence-electron chi connectivity index (χ4n) is 2.61. The number of piperidine rings is 1. The van der Waals surface area contributed by atoms with Gasteiger partial charge in [0.25, 0.3) is 0 Å². The highest BCUT2D eigenvalue weighted by Gasteiger charge is 2.28. The van der Waals surface area contributed by atoms with E-state index < -0.39 is 5.92 Å². The maximum absolute atomic E-state index is 11.7. The molecule has 3 heteroatoms. The Morgan fingerprint density at radius 3 is 2.63 bits per heavy atom. The fourth-order valence-corrected chi connectivity index (χ4v) is 2.61. The molecule has 2 aromatic carbocycles. The third kappa shape index (κ3) is 2.17. The van der Waals surface area contributed by atoms with Gasteiger partial charge in [0.2, 0.25) is 5.91 Å². The Kier molecular flexibility index (Phi) is 2.92. The van der Waals surface area contributed by atoms with Gasteiger partial charge in [0.05, 0.1) is 12.1 Å². The van der Waals surface area contributed by atoms with Crippen LogP contribution in [-0.2, 0) is 4.79 Å². The Bertz CT molecular complexity index is 672. The van der Waals surface area contributed by atoms with Crippen molar-refractivity contribution >= 4 is 16.7 Å². The minimum absolute atomic E-state index is 0.0294. The fraction of sp³-hybridized carbons (Fsp3) is 0.250. The van der Waals surface area contributed by atoms with Crippen LogP contribution in [0.5, 0.6) is 0 Å². The predicted molar refractivity (Wildman–Crippen MR) is 73.2 cm³/mol. The molecule has 1 aliphatic rings. The average molecular weight is 250 g/mol. The molecule has 1 aliphatic heterocycles. The highest BCUT2D eigenvalue weighted by atomic mass is 16.2. The van der Waals surface area contributed by atoms with Crippen LogP contribution in [-0.4, -0.2) is 5.91 Å². The number of hydrogen-bond acceptors (Lipinski definition) is 2. The second-order valence-electron chi connectivity index (χ2n) is 4.93. The minimum Gasteiger partial charge on any atom is -0.348 e. The first-order chi connectivity index (χ1) is 9.28. The highest BCUT2D eigenvalue weighted by molar-refractivity contribution is 5.84. The lowest BCUT2D eigenvalue weighted by molar-refractivity contribution is -0.126. The maximum Gasteiger partial charge on any atom is 0.237 e. The summed E-state index contributed by atoms with van der Waals surface area (Å²) in [4.78, 5) is 11.7. The normalized spacial score (nSPS) is 22.8. The maximum atomic E-state index is 11.7. The molecule has 3 nitrogen and oxygen atoms in total. The Hall–Kier alpha value is -2.34. The van der Waals surface area contributed by atoms with E-state index in [-0.39, 0.29) is 11.9 Å². The van der Waals surface area contributed by atoms with Crippen molar-refractivity contribution in [2.75, 3.05) is 0 Å². The van der Waals surface area contributed by atoms with Gasteiger partial charge in [0, 0.05) is 0 Å². The Morgan fingerprint density at radius 1 is 1.11 bits per heavy atom. The lowest BCUT2D eigenvalue weighted by Crippen LogP contribution is -2.38. The summed E-state index contributed by atoms with van der Waals surface area (Å²) >= 11 is 0. The zero-order valence-corrected chi connectivity index (χ0v) is 10.5. The first-order valence-electron chi connectivity index (χ1n) is 6.46. The van der Waals surface area contributed by atoms with E-state index in [1.165, 1.54) is 10.8 Å². The van der Waals surface area contributed by atoms with E-state index in [4.69, 9.17) is 5.26 Å². The van der Waals surface area contributed by atoms with Crippen molar-refractivity contribution < 1.29 is 4.79 Å². The molecule has 2 atom stereocenters. The molecule has 0 aliphatic carbocycles. The van der Waals surface area contributed by atoms with Crippen molar-refractivity contribution in [3.8, 4) is 6.07 Å². The predicted octanol–water partition coefficient (Wildman–Crippen LogP) is 2.93. The Balaban J connectivity index is 1.89. The highest BCUT2D eigenvalue weighted by Crippen LogP contribution is 2.28. The van der Waals surface area contributed by atoms with Crippen LogP contribution in [0.4, 0.5) is 0 Å². The van der Waals surface area contributed by atoms with Gasteiger partial charge in [-0.05, 0) is 35.2 Å². The van der Waals surface area contributed by atoms with Crippen molar-refractivity contribution in [2.24, 2.45) is 5.92 Å².